The van der Waals surface area contributed by atoms with Crippen LogP contribution in [0.2, 0.25) is 0 Å². The highest BCUT2D eigenvalue weighted by atomic mass is 32.2. The number of carbonyl (C=O) groups is 4. The number of nitrogens with zero attached hydrogens (tertiary/aromatic N) is 2. The Morgan fingerprint density at radius 3 is 2.27 bits per heavy atom. The largest absolute Gasteiger partial charge is 0.479 e. The third-order valence-corrected chi connectivity index (χ3v) is 2.85. The second kappa shape index (κ2) is 6.76. The van der Waals surface area contributed by atoms with Gasteiger partial charge >= 0.3 is 17.8 Å². The van der Waals surface area contributed by atoms with Crippen molar-refractivity contribution in [3.63, 3.8) is 0 Å². The van der Waals surface area contributed by atoms with Gasteiger partial charge in [0.25, 0.3) is 0 Å². The van der Waals surface area contributed by atoms with Crippen LogP contribution in [-0.2, 0) is 9.59 Å². The molecule has 11 heteroatoms. The highest BCUT2D eigenvalue weighted by molar-refractivity contribution is 8.13. The molecule has 0 saturated heterocycles. The summed E-state index contributed by atoms with van der Waals surface area (Å²) in [7, 11) is 0. The van der Waals surface area contributed by atoms with Crippen molar-refractivity contribution in [2.45, 2.75) is 18.9 Å². The average Bonchev–Trinajstić information content (AvgIpc) is 2.36. The van der Waals surface area contributed by atoms with Gasteiger partial charge in [0.2, 0.25) is 5.88 Å². The number of esters is 1. The molecule has 116 valence electrons. The van der Waals surface area contributed by atoms with Crippen molar-refractivity contribution in [2.24, 2.45) is 0 Å². The van der Waals surface area contributed by atoms with Crippen molar-refractivity contribution in [3.8, 4) is 5.88 Å². The summed E-state index contributed by atoms with van der Waals surface area (Å²) in [5, 5.41) is 18.6. The van der Waals surface area contributed by atoms with Gasteiger partial charge < -0.3 is 9.84 Å². The Bertz CT molecular complexity index is 700. The van der Waals surface area contributed by atoms with Crippen LogP contribution in [0.15, 0.2) is 11.1 Å². The van der Waals surface area contributed by atoms with E-state index in [1.54, 1.807) is 0 Å². The molecule has 0 aliphatic carbocycles. The smallest absolute Gasteiger partial charge is 0.477 e. The van der Waals surface area contributed by atoms with E-state index in [9.17, 15) is 29.3 Å². The van der Waals surface area contributed by atoms with Gasteiger partial charge in [-0.05, 0) is 17.8 Å². The van der Waals surface area contributed by atoms with Crippen LogP contribution < -0.4 is 4.74 Å². The average molecular weight is 328 g/mol. The van der Waals surface area contributed by atoms with Crippen LogP contribution in [0.1, 0.15) is 34.6 Å². The van der Waals surface area contributed by atoms with Crippen LogP contribution >= 0.6 is 11.8 Å². The molecule has 22 heavy (non-hydrogen) atoms. The minimum atomic E-state index is -1.63. The molecule has 1 amide bonds. The molecule has 0 fully saturated rings. The van der Waals surface area contributed by atoms with Crippen LogP contribution in [0.25, 0.3) is 0 Å². The monoisotopic (exact) mass is 328 g/mol. The number of carbonyl (C=O) groups excluding carboxylic acids is 3. The summed E-state index contributed by atoms with van der Waals surface area (Å²) >= 11 is 0.373. The number of carboxylic acids is 1. The second-order valence-electron chi connectivity index (χ2n) is 3.75. The summed E-state index contributed by atoms with van der Waals surface area (Å²) in [6.07, 6.45) is 0. The van der Waals surface area contributed by atoms with E-state index in [4.69, 9.17) is 5.11 Å². The lowest BCUT2D eigenvalue weighted by atomic mass is 10.2. The first-order chi connectivity index (χ1) is 10.1. The molecule has 0 aromatic carbocycles. The Balaban J connectivity index is 3.59. The first kappa shape index (κ1) is 17.2. The molecule has 1 N–H and O–H groups in total. The first-order valence-corrected chi connectivity index (χ1v) is 6.29. The first-order valence-electron chi connectivity index (χ1n) is 5.47. The molecule has 0 atom stereocenters. The Kier molecular flexibility index (Phi) is 5.29. The van der Waals surface area contributed by atoms with Gasteiger partial charge in [0.05, 0.1) is 0 Å². The number of thioether (sulfide) groups is 1. The summed E-state index contributed by atoms with van der Waals surface area (Å²) in [5.74, 6) is -4.79. The lowest BCUT2D eigenvalue weighted by Gasteiger charge is -2.08. The van der Waals surface area contributed by atoms with Crippen molar-refractivity contribution in [3.05, 3.63) is 27.3 Å². The normalized spacial score (nSPS) is 9.91. The number of aromatic carboxylic acids is 1. The molecule has 1 aromatic rings. The SMILES string of the molecule is CC(=O)Oc1nc(SC(C)=O)c(C(=O)[N+](=O)[O-])cc1C(=O)O. The topological polar surface area (TPSA) is 154 Å². The lowest BCUT2D eigenvalue weighted by molar-refractivity contribution is -0.375. The van der Waals surface area contributed by atoms with Crippen molar-refractivity contribution < 1.29 is 33.9 Å². The summed E-state index contributed by atoms with van der Waals surface area (Å²) in [6.45, 7) is 2.10. The van der Waals surface area contributed by atoms with E-state index in [-0.39, 0.29) is 0 Å². The number of ether oxygens (including phenoxy) is 1. The third kappa shape index (κ3) is 4.09. The fourth-order valence-electron chi connectivity index (χ4n) is 1.31. The van der Waals surface area contributed by atoms with E-state index in [0.29, 0.717) is 17.8 Å². The molecular formula is C11H8N2O8S. The van der Waals surface area contributed by atoms with E-state index >= 15 is 0 Å². The Labute approximate surface area is 126 Å². The fraction of sp³-hybridized carbons (Fsp3) is 0.182. The van der Waals surface area contributed by atoms with Crippen LogP contribution in [-0.4, -0.2) is 38.0 Å². The van der Waals surface area contributed by atoms with Gasteiger partial charge in [-0.15, -0.1) is 0 Å². The maximum atomic E-state index is 11.5. The maximum Gasteiger partial charge on any atom is 0.479 e. The molecule has 0 saturated carbocycles. The fourth-order valence-corrected chi connectivity index (χ4v) is 1.97. The zero-order valence-electron chi connectivity index (χ0n) is 11.2. The summed E-state index contributed by atoms with van der Waals surface area (Å²) < 4.78 is 4.59. The van der Waals surface area contributed by atoms with Gasteiger partial charge in [-0.1, -0.05) is 0 Å². The van der Waals surface area contributed by atoms with E-state index in [1.807, 2.05) is 0 Å². The zero-order chi connectivity index (χ0) is 17.0. The van der Waals surface area contributed by atoms with Crippen LogP contribution in [0.4, 0.5) is 0 Å². The number of carboxylic acid groups (broad SMARTS) is 1. The summed E-state index contributed by atoms with van der Waals surface area (Å²) in [6, 6.07) is 0.643. The van der Waals surface area contributed by atoms with Gasteiger partial charge in [0, 0.05) is 13.8 Å². The molecule has 0 radical (unpaired) electrons. The Hall–Kier alpha value is -2.82. The predicted octanol–water partition coefficient (Wildman–Crippen LogP) is 0.761. The van der Waals surface area contributed by atoms with Gasteiger partial charge in [-0.2, -0.15) is 0 Å². The molecule has 1 heterocycles. The molecule has 0 unspecified atom stereocenters. The van der Waals surface area contributed by atoms with Crippen molar-refractivity contribution in [1.82, 2.24) is 4.98 Å². The lowest BCUT2D eigenvalue weighted by Crippen LogP contribution is -2.17. The Morgan fingerprint density at radius 2 is 1.86 bits per heavy atom. The van der Waals surface area contributed by atoms with E-state index in [0.717, 1.165) is 13.8 Å². The van der Waals surface area contributed by atoms with Gasteiger partial charge in [0.1, 0.15) is 21.1 Å². The minimum absolute atomic E-state index is 0.373. The zero-order valence-corrected chi connectivity index (χ0v) is 12.0. The quantitative estimate of drug-likeness (QED) is 0.362. The Morgan fingerprint density at radius 1 is 1.27 bits per heavy atom. The van der Waals surface area contributed by atoms with Crippen molar-refractivity contribution >= 4 is 34.7 Å². The molecule has 0 aliphatic rings. The number of rotatable bonds is 4. The summed E-state index contributed by atoms with van der Waals surface area (Å²) in [5.41, 5.74) is -1.40. The van der Waals surface area contributed by atoms with Crippen molar-refractivity contribution in [2.75, 3.05) is 0 Å². The maximum absolute atomic E-state index is 11.5. The highest BCUT2D eigenvalue weighted by Gasteiger charge is 2.29. The van der Waals surface area contributed by atoms with Crippen molar-refractivity contribution in [1.29, 1.82) is 0 Å². The molecule has 0 aliphatic heterocycles. The molecule has 1 rings (SSSR count). The van der Waals surface area contributed by atoms with Gasteiger partial charge in [-0.3, -0.25) is 19.7 Å². The number of aromatic nitrogens is 1. The second-order valence-corrected chi connectivity index (χ2v) is 4.91. The highest BCUT2D eigenvalue weighted by Crippen LogP contribution is 2.28. The number of nitro groups is 1. The molecular weight excluding hydrogens is 320 g/mol. The summed E-state index contributed by atoms with van der Waals surface area (Å²) in [4.78, 5) is 57.5. The van der Waals surface area contributed by atoms with E-state index < -0.39 is 49.9 Å². The van der Waals surface area contributed by atoms with Gasteiger partial charge in [0.15, 0.2) is 5.12 Å². The number of amides is 1. The van der Waals surface area contributed by atoms with E-state index in [2.05, 4.69) is 9.72 Å². The van der Waals surface area contributed by atoms with Crippen LogP contribution in [0.3, 0.4) is 0 Å². The predicted molar refractivity (Wildman–Crippen MR) is 70.4 cm³/mol. The molecule has 0 spiro atoms. The third-order valence-electron chi connectivity index (χ3n) is 2.06. The number of pyridine rings is 1. The molecule has 1 aromatic heterocycles. The van der Waals surface area contributed by atoms with Gasteiger partial charge in [-0.25, -0.2) is 14.6 Å². The van der Waals surface area contributed by atoms with Crippen LogP contribution in [0, 0.1) is 10.1 Å². The molecule has 0 bridgehead atoms. The standard InChI is InChI=1S/C11H8N2O8S/c1-4(14)21-8-6(11(17)18)3-7(10(16)13(19)20)9(12-8)22-5(2)15/h3H,1-2H3,(H,17,18). The number of hydrogen-bond donors (Lipinski definition) is 1. The minimum Gasteiger partial charge on any atom is -0.477 e. The number of hydrogen-bond acceptors (Lipinski definition) is 9. The van der Waals surface area contributed by atoms with E-state index in [1.165, 1.54) is 0 Å². The van der Waals surface area contributed by atoms with Crippen LogP contribution in [0.5, 0.6) is 5.88 Å². The molecule has 10 nitrogen and oxygen atoms in total.